The van der Waals surface area contributed by atoms with E-state index in [4.69, 9.17) is 9.47 Å². The molecule has 0 saturated carbocycles. The van der Waals surface area contributed by atoms with Crippen molar-refractivity contribution in [1.29, 1.82) is 0 Å². The van der Waals surface area contributed by atoms with Gasteiger partial charge in [0, 0.05) is 18.0 Å². The van der Waals surface area contributed by atoms with Crippen molar-refractivity contribution in [3.63, 3.8) is 0 Å². The molecule has 1 saturated heterocycles. The highest BCUT2D eigenvalue weighted by Gasteiger charge is 2.31. The smallest absolute Gasteiger partial charge is 0.232 e. The van der Waals surface area contributed by atoms with Crippen LogP contribution in [0.1, 0.15) is 40.9 Å². The Hall–Kier alpha value is -3.38. The molecule has 0 bridgehead atoms. The van der Waals surface area contributed by atoms with Crippen molar-refractivity contribution >= 4 is 28.8 Å². The van der Waals surface area contributed by atoms with Crippen LogP contribution in [0, 0.1) is 0 Å². The molecule has 2 aromatic carbocycles. The van der Waals surface area contributed by atoms with Gasteiger partial charge in [-0.1, -0.05) is 36.8 Å². The number of hydrogen-bond acceptors (Lipinski definition) is 5. The average Bonchev–Trinajstić information content (AvgIpc) is 3.36. The van der Waals surface area contributed by atoms with E-state index in [-0.39, 0.29) is 11.5 Å². The van der Waals surface area contributed by atoms with Crippen LogP contribution in [0.5, 0.6) is 11.5 Å². The molecular formula is C25H25N3O3. The van der Waals surface area contributed by atoms with E-state index in [1.807, 2.05) is 36.4 Å². The van der Waals surface area contributed by atoms with E-state index in [0.29, 0.717) is 22.8 Å². The van der Waals surface area contributed by atoms with Gasteiger partial charge in [-0.25, -0.2) is 0 Å². The van der Waals surface area contributed by atoms with E-state index in [1.165, 1.54) is 19.3 Å². The third kappa shape index (κ3) is 3.75. The first-order valence-electron chi connectivity index (χ1n) is 10.7. The van der Waals surface area contributed by atoms with Gasteiger partial charge in [-0.2, -0.15) is 5.10 Å². The largest absolute Gasteiger partial charge is 0.496 e. The highest BCUT2D eigenvalue weighted by molar-refractivity contribution is 6.15. The van der Waals surface area contributed by atoms with Crippen molar-refractivity contribution in [2.75, 3.05) is 26.7 Å². The Bertz CT molecular complexity index is 1190. The standard InChI is InChI=1S/C25H25N3O3/c1-30-22-12-11-19-24(29)23(16-21-17-8-3-4-10-20(17)26-27-21)31-25(19)18(22)9-7-15-28-13-5-2-6-14-28/h3-4,7-12,16H,2,5-6,13-15H2,1H3,(H,26,27)/b9-7-,23-16-. The molecular weight excluding hydrogens is 390 g/mol. The van der Waals surface area contributed by atoms with Gasteiger partial charge in [-0.05, 0) is 44.1 Å². The van der Waals surface area contributed by atoms with Crippen LogP contribution in [0.15, 0.2) is 48.2 Å². The van der Waals surface area contributed by atoms with Gasteiger partial charge in [0.2, 0.25) is 5.78 Å². The van der Waals surface area contributed by atoms with Crippen LogP contribution in [0.3, 0.4) is 0 Å². The molecule has 3 aromatic rings. The fourth-order valence-electron chi connectivity index (χ4n) is 4.27. The summed E-state index contributed by atoms with van der Waals surface area (Å²) in [6, 6.07) is 11.4. The number of ketones is 1. The minimum atomic E-state index is -0.143. The van der Waals surface area contributed by atoms with Crippen LogP contribution in [0.25, 0.3) is 23.1 Å². The zero-order chi connectivity index (χ0) is 21.2. The third-order valence-electron chi connectivity index (χ3n) is 5.92. The number of rotatable bonds is 5. The zero-order valence-electron chi connectivity index (χ0n) is 17.6. The molecule has 2 aliphatic rings. The molecule has 3 heterocycles. The first-order chi connectivity index (χ1) is 15.2. The molecule has 1 N–H and O–H groups in total. The number of carbonyl (C=O) groups is 1. The van der Waals surface area contributed by atoms with Crippen LogP contribution in [-0.2, 0) is 0 Å². The number of hydrogen-bond donors (Lipinski definition) is 1. The first-order valence-corrected chi connectivity index (χ1v) is 10.7. The molecule has 0 amide bonds. The van der Waals surface area contributed by atoms with Gasteiger partial charge in [0.25, 0.3) is 0 Å². The number of Topliss-reactive ketones (excluding diaryl/α,β-unsaturated/α-hetero) is 1. The number of nitrogens with one attached hydrogen (secondary N) is 1. The van der Waals surface area contributed by atoms with E-state index >= 15 is 0 Å². The minimum absolute atomic E-state index is 0.143. The Morgan fingerprint density at radius 3 is 2.84 bits per heavy atom. The van der Waals surface area contributed by atoms with Crippen molar-refractivity contribution < 1.29 is 14.3 Å². The van der Waals surface area contributed by atoms with E-state index in [1.54, 1.807) is 19.3 Å². The lowest BCUT2D eigenvalue weighted by molar-refractivity contribution is 0.101. The van der Waals surface area contributed by atoms with Gasteiger partial charge >= 0.3 is 0 Å². The van der Waals surface area contributed by atoms with Gasteiger partial charge in [0.05, 0.1) is 29.4 Å². The fraction of sp³-hybridized carbons (Fsp3) is 0.280. The van der Waals surface area contributed by atoms with Gasteiger partial charge in [-0.15, -0.1) is 0 Å². The van der Waals surface area contributed by atoms with Crippen LogP contribution in [0.4, 0.5) is 0 Å². The number of nitrogens with zero attached hydrogens (tertiary/aromatic N) is 2. The topological polar surface area (TPSA) is 67.5 Å². The highest BCUT2D eigenvalue weighted by Crippen LogP contribution is 2.40. The maximum atomic E-state index is 13.0. The van der Waals surface area contributed by atoms with E-state index in [2.05, 4.69) is 21.2 Å². The lowest BCUT2D eigenvalue weighted by atomic mass is 10.0. The zero-order valence-corrected chi connectivity index (χ0v) is 17.6. The molecule has 0 atom stereocenters. The third-order valence-corrected chi connectivity index (χ3v) is 5.92. The number of likely N-dealkylation sites (tertiary alicyclic amines) is 1. The predicted molar refractivity (Wildman–Crippen MR) is 121 cm³/mol. The lowest BCUT2D eigenvalue weighted by Gasteiger charge is -2.24. The number of carbonyl (C=O) groups excluding carboxylic acids is 1. The molecule has 31 heavy (non-hydrogen) atoms. The number of fused-ring (bicyclic) bond motifs is 2. The molecule has 0 unspecified atom stereocenters. The van der Waals surface area contributed by atoms with Crippen LogP contribution in [0.2, 0.25) is 0 Å². The number of benzene rings is 2. The molecule has 6 nitrogen and oxygen atoms in total. The maximum Gasteiger partial charge on any atom is 0.232 e. The van der Waals surface area contributed by atoms with Crippen molar-refractivity contribution in [2.45, 2.75) is 19.3 Å². The van der Waals surface area contributed by atoms with E-state index < -0.39 is 0 Å². The molecule has 0 spiro atoms. The number of H-pyrrole nitrogens is 1. The summed E-state index contributed by atoms with van der Waals surface area (Å²) in [7, 11) is 1.63. The van der Waals surface area contributed by atoms with Crippen LogP contribution in [-0.4, -0.2) is 47.6 Å². The number of methoxy groups -OCH3 is 1. The lowest BCUT2D eigenvalue weighted by Crippen LogP contribution is -2.29. The highest BCUT2D eigenvalue weighted by atomic mass is 16.5. The van der Waals surface area contributed by atoms with Crippen molar-refractivity contribution in [3.8, 4) is 11.5 Å². The Labute approximate surface area is 181 Å². The summed E-state index contributed by atoms with van der Waals surface area (Å²) in [5, 5.41) is 8.27. The Kier molecular flexibility index (Phi) is 5.30. The number of aromatic nitrogens is 2. The van der Waals surface area contributed by atoms with Gasteiger partial charge in [-0.3, -0.25) is 14.8 Å². The fourth-order valence-corrected chi connectivity index (χ4v) is 4.27. The Balaban J connectivity index is 1.45. The SMILES string of the molecule is COc1ccc2c(c1/C=C\CN1CCCCC1)O/C(=C\c1n[nH]c3ccccc13)C2=O. The summed E-state index contributed by atoms with van der Waals surface area (Å²) in [5.41, 5.74) is 2.94. The summed E-state index contributed by atoms with van der Waals surface area (Å²) < 4.78 is 11.6. The molecule has 158 valence electrons. The van der Waals surface area contributed by atoms with Gasteiger partial charge in [0.15, 0.2) is 5.76 Å². The summed E-state index contributed by atoms with van der Waals surface area (Å²) in [6.07, 6.45) is 9.66. The first kappa shape index (κ1) is 19.6. The Morgan fingerprint density at radius 2 is 2.00 bits per heavy atom. The Morgan fingerprint density at radius 1 is 1.16 bits per heavy atom. The molecule has 1 aromatic heterocycles. The van der Waals surface area contributed by atoms with Crippen LogP contribution < -0.4 is 9.47 Å². The molecule has 5 rings (SSSR count). The summed E-state index contributed by atoms with van der Waals surface area (Å²) in [6.45, 7) is 3.14. The summed E-state index contributed by atoms with van der Waals surface area (Å²) in [4.78, 5) is 15.5. The molecule has 0 aliphatic carbocycles. The molecule has 1 fully saturated rings. The number of aromatic amines is 1. The quantitative estimate of drug-likeness (QED) is 0.613. The normalized spacial score (nSPS) is 18.1. The van der Waals surface area contributed by atoms with Gasteiger partial charge in [0.1, 0.15) is 11.5 Å². The minimum Gasteiger partial charge on any atom is -0.496 e. The predicted octanol–water partition coefficient (Wildman–Crippen LogP) is 4.69. The molecule has 0 radical (unpaired) electrons. The second-order valence-corrected chi connectivity index (χ2v) is 7.92. The molecule has 2 aliphatic heterocycles. The monoisotopic (exact) mass is 415 g/mol. The van der Waals surface area contributed by atoms with E-state index in [0.717, 1.165) is 36.1 Å². The number of allylic oxidation sites excluding steroid dienone is 1. The number of piperidine rings is 1. The maximum absolute atomic E-state index is 13.0. The average molecular weight is 415 g/mol. The van der Waals surface area contributed by atoms with Crippen molar-refractivity contribution in [1.82, 2.24) is 15.1 Å². The van der Waals surface area contributed by atoms with Gasteiger partial charge < -0.3 is 9.47 Å². The summed E-state index contributed by atoms with van der Waals surface area (Å²) >= 11 is 0. The van der Waals surface area contributed by atoms with Crippen molar-refractivity contribution in [3.05, 3.63) is 65.1 Å². The number of ether oxygens (including phenoxy) is 2. The number of para-hydroxylation sites is 1. The molecule has 6 heteroatoms. The summed E-state index contributed by atoms with van der Waals surface area (Å²) in [5.74, 6) is 1.36. The van der Waals surface area contributed by atoms with Crippen LogP contribution >= 0.6 is 0 Å². The second-order valence-electron chi connectivity index (χ2n) is 7.92. The van der Waals surface area contributed by atoms with E-state index in [9.17, 15) is 4.79 Å². The second kappa shape index (κ2) is 8.40. The van der Waals surface area contributed by atoms with Crippen molar-refractivity contribution in [2.24, 2.45) is 0 Å².